The second kappa shape index (κ2) is 4.31. The molecule has 0 aliphatic rings. The van der Waals surface area contributed by atoms with E-state index < -0.39 is 22.5 Å². The predicted octanol–water partition coefficient (Wildman–Crippen LogP) is 0.113. The maximum Gasteiger partial charge on any atom is 0.318 e. The smallest absolute Gasteiger partial charge is 0.318 e. The van der Waals surface area contributed by atoms with Crippen LogP contribution in [0, 0.1) is 0 Å². The van der Waals surface area contributed by atoms with E-state index in [1.165, 1.54) is 6.20 Å². The summed E-state index contributed by atoms with van der Waals surface area (Å²) in [6.07, 6.45) is 1.30. The van der Waals surface area contributed by atoms with E-state index in [2.05, 4.69) is 4.98 Å². The second-order valence-corrected chi connectivity index (χ2v) is 5.41. The van der Waals surface area contributed by atoms with Gasteiger partial charge in [0.1, 0.15) is 11.4 Å². The fraction of sp³-hybridized carbons (Fsp3) is 0.100. The maximum absolute atomic E-state index is 11.9. The van der Waals surface area contributed by atoms with Crippen molar-refractivity contribution in [3.63, 3.8) is 0 Å². The Morgan fingerprint density at radius 3 is 2.83 bits per heavy atom. The number of carbonyl (C=O) groups is 1. The molecule has 0 aliphatic heterocycles. The summed E-state index contributed by atoms with van der Waals surface area (Å²) in [7, 11) is -3.85. The van der Waals surface area contributed by atoms with Crippen LogP contribution in [0.4, 0.5) is 5.69 Å². The minimum absolute atomic E-state index is 0.00116. The van der Waals surface area contributed by atoms with Crippen LogP contribution in [0.2, 0.25) is 0 Å². The number of hydrogen-bond donors (Lipinski definition) is 4. The fourth-order valence-electron chi connectivity index (χ4n) is 1.57. The van der Waals surface area contributed by atoms with Crippen LogP contribution < -0.4 is 10.5 Å². The van der Waals surface area contributed by atoms with E-state index >= 15 is 0 Å². The SMILES string of the molecule is Nc1ccc2c(S(=O)(=O)NCC(=O)O)c[nH]c2c1. The Bertz CT molecular complexity index is 705. The standard InChI is InChI=1S/C10H11N3O4S/c11-6-1-2-7-8(3-6)12-4-9(7)18(16,17)13-5-10(14)15/h1-4,12-13H,5,11H2,(H,14,15). The third-order valence-corrected chi connectivity index (χ3v) is 3.81. The first-order valence-corrected chi connectivity index (χ1v) is 6.46. The van der Waals surface area contributed by atoms with Crippen LogP contribution in [0.25, 0.3) is 10.9 Å². The topological polar surface area (TPSA) is 125 Å². The number of fused-ring (bicyclic) bond motifs is 1. The van der Waals surface area contributed by atoms with Gasteiger partial charge in [-0.2, -0.15) is 4.72 Å². The Balaban J connectivity index is 2.45. The highest BCUT2D eigenvalue weighted by Crippen LogP contribution is 2.24. The van der Waals surface area contributed by atoms with Crippen molar-refractivity contribution in [3.05, 3.63) is 24.4 Å². The fourth-order valence-corrected chi connectivity index (χ4v) is 2.72. The summed E-state index contributed by atoms with van der Waals surface area (Å²) in [5, 5.41) is 8.93. The number of aliphatic carboxylic acids is 1. The average Bonchev–Trinajstić information content (AvgIpc) is 2.70. The zero-order chi connectivity index (χ0) is 13.3. The molecule has 8 heteroatoms. The van der Waals surface area contributed by atoms with Crippen LogP contribution in [0.15, 0.2) is 29.3 Å². The molecule has 1 heterocycles. The van der Waals surface area contributed by atoms with Gasteiger partial charge in [0.2, 0.25) is 10.0 Å². The lowest BCUT2D eigenvalue weighted by Crippen LogP contribution is -2.29. The average molecular weight is 269 g/mol. The van der Waals surface area contributed by atoms with Crippen molar-refractivity contribution < 1.29 is 18.3 Å². The van der Waals surface area contributed by atoms with Crippen LogP contribution in [-0.2, 0) is 14.8 Å². The van der Waals surface area contributed by atoms with E-state index in [1.807, 2.05) is 4.72 Å². The van der Waals surface area contributed by atoms with E-state index in [-0.39, 0.29) is 4.90 Å². The molecule has 0 saturated heterocycles. The molecule has 1 aromatic heterocycles. The number of nitrogen functional groups attached to an aromatic ring is 1. The van der Waals surface area contributed by atoms with Gasteiger partial charge in [-0.15, -0.1) is 0 Å². The number of benzene rings is 1. The summed E-state index contributed by atoms with van der Waals surface area (Å²) in [5.41, 5.74) is 6.66. The number of rotatable bonds is 4. The molecule has 0 atom stereocenters. The predicted molar refractivity (Wildman–Crippen MR) is 65.5 cm³/mol. The molecule has 0 radical (unpaired) electrons. The van der Waals surface area contributed by atoms with E-state index in [4.69, 9.17) is 10.8 Å². The quantitative estimate of drug-likeness (QED) is 0.586. The third-order valence-electron chi connectivity index (χ3n) is 2.37. The normalized spacial score (nSPS) is 11.8. The van der Waals surface area contributed by atoms with E-state index in [0.29, 0.717) is 16.6 Å². The maximum atomic E-state index is 11.9. The lowest BCUT2D eigenvalue weighted by atomic mass is 10.2. The zero-order valence-electron chi connectivity index (χ0n) is 9.17. The molecule has 2 aromatic rings. The van der Waals surface area contributed by atoms with Crippen LogP contribution in [0.3, 0.4) is 0 Å². The summed E-state index contributed by atoms with van der Waals surface area (Å²) in [5.74, 6) is -1.25. The molecule has 5 N–H and O–H groups in total. The molecule has 7 nitrogen and oxygen atoms in total. The first kappa shape index (κ1) is 12.4. The van der Waals surface area contributed by atoms with Crippen LogP contribution in [-0.4, -0.2) is 31.0 Å². The summed E-state index contributed by atoms with van der Waals surface area (Å²) in [6, 6.07) is 4.74. The van der Waals surface area contributed by atoms with Crippen LogP contribution in [0.1, 0.15) is 0 Å². The summed E-state index contributed by atoms with van der Waals surface area (Å²) >= 11 is 0. The highest BCUT2D eigenvalue weighted by molar-refractivity contribution is 7.89. The number of sulfonamides is 1. The molecule has 1 aromatic carbocycles. The molecule has 0 aliphatic carbocycles. The number of H-pyrrole nitrogens is 1. The third kappa shape index (κ3) is 2.29. The number of hydrogen-bond acceptors (Lipinski definition) is 4. The molecule has 96 valence electrons. The van der Waals surface area contributed by atoms with Gasteiger partial charge in [0, 0.05) is 22.8 Å². The first-order chi connectivity index (χ1) is 8.40. The number of carboxylic acids is 1. The van der Waals surface area contributed by atoms with Gasteiger partial charge in [0.25, 0.3) is 0 Å². The molecular formula is C10H11N3O4S. The molecule has 0 bridgehead atoms. The minimum Gasteiger partial charge on any atom is -0.480 e. The molecule has 0 unspecified atom stereocenters. The minimum atomic E-state index is -3.85. The Morgan fingerprint density at radius 1 is 1.44 bits per heavy atom. The number of nitrogens with one attached hydrogen (secondary N) is 2. The number of anilines is 1. The van der Waals surface area contributed by atoms with Crippen molar-refractivity contribution in [3.8, 4) is 0 Å². The van der Waals surface area contributed by atoms with Gasteiger partial charge in [0.05, 0.1) is 0 Å². The monoisotopic (exact) mass is 269 g/mol. The Labute approximate surface area is 103 Å². The van der Waals surface area contributed by atoms with Gasteiger partial charge in [-0.1, -0.05) is 0 Å². The van der Waals surface area contributed by atoms with Gasteiger partial charge >= 0.3 is 5.97 Å². The van der Waals surface area contributed by atoms with Gasteiger partial charge < -0.3 is 15.8 Å². The van der Waals surface area contributed by atoms with Crippen LogP contribution >= 0.6 is 0 Å². The number of carboxylic acid groups (broad SMARTS) is 1. The van der Waals surface area contributed by atoms with Crippen molar-refractivity contribution in [2.24, 2.45) is 0 Å². The van der Waals surface area contributed by atoms with E-state index in [9.17, 15) is 13.2 Å². The van der Waals surface area contributed by atoms with Gasteiger partial charge in [-0.3, -0.25) is 4.79 Å². The van der Waals surface area contributed by atoms with Gasteiger partial charge in [-0.05, 0) is 18.2 Å². The summed E-state index contributed by atoms with van der Waals surface area (Å²) in [6.45, 7) is -0.663. The molecule has 2 rings (SSSR count). The van der Waals surface area contributed by atoms with E-state index in [0.717, 1.165) is 0 Å². The highest BCUT2D eigenvalue weighted by atomic mass is 32.2. The molecule has 18 heavy (non-hydrogen) atoms. The zero-order valence-corrected chi connectivity index (χ0v) is 9.99. The molecular weight excluding hydrogens is 258 g/mol. The molecule has 0 saturated carbocycles. The summed E-state index contributed by atoms with van der Waals surface area (Å²) < 4.78 is 25.7. The highest BCUT2D eigenvalue weighted by Gasteiger charge is 2.19. The molecule has 0 amide bonds. The van der Waals surface area contributed by atoms with Crippen molar-refractivity contribution in [1.29, 1.82) is 0 Å². The van der Waals surface area contributed by atoms with Crippen molar-refractivity contribution >= 4 is 32.6 Å². The van der Waals surface area contributed by atoms with Gasteiger partial charge in [-0.25, -0.2) is 8.42 Å². The van der Waals surface area contributed by atoms with Gasteiger partial charge in [0.15, 0.2) is 0 Å². The lowest BCUT2D eigenvalue weighted by molar-refractivity contribution is -0.135. The Hall–Kier alpha value is -2.06. The number of aromatic nitrogens is 1. The second-order valence-electron chi connectivity index (χ2n) is 3.68. The first-order valence-electron chi connectivity index (χ1n) is 4.98. The lowest BCUT2D eigenvalue weighted by Gasteiger charge is -2.03. The molecule has 0 spiro atoms. The largest absolute Gasteiger partial charge is 0.480 e. The number of aromatic amines is 1. The van der Waals surface area contributed by atoms with Crippen molar-refractivity contribution in [2.75, 3.05) is 12.3 Å². The Morgan fingerprint density at radius 2 is 2.17 bits per heavy atom. The Kier molecular flexibility index (Phi) is 2.97. The van der Waals surface area contributed by atoms with Crippen LogP contribution in [0.5, 0.6) is 0 Å². The summed E-state index contributed by atoms with van der Waals surface area (Å²) in [4.78, 5) is 13.1. The molecule has 0 fully saturated rings. The van der Waals surface area contributed by atoms with E-state index in [1.54, 1.807) is 18.2 Å². The van der Waals surface area contributed by atoms with Crippen molar-refractivity contribution in [2.45, 2.75) is 4.90 Å². The van der Waals surface area contributed by atoms with Crippen molar-refractivity contribution in [1.82, 2.24) is 9.71 Å². The number of nitrogens with two attached hydrogens (primary N) is 1.